The van der Waals surface area contributed by atoms with Gasteiger partial charge in [-0.2, -0.15) is 0 Å². The second-order valence-corrected chi connectivity index (χ2v) is 9.97. The SMILES string of the molecule is O=C(c1cscn1)N1CCN(C2CC(=O)N(c3ccc4c(c3)CCN4c3ccc(F)cc3)C2)CC1. The Morgan fingerprint density at radius 1 is 0.971 bits per heavy atom. The van der Waals surface area contributed by atoms with Crippen LogP contribution in [-0.4, -0.2) is 71.9 Å². The van der Waals surface area contributed by atoms with Crippen molar-refractivity contribution in [3.8, 4) is 0 Å². The van der Waals surface area contributed by atoms with E-state index in [2.05, 4.69) is 26.9 Å². The monoisotopic (exact) mass is 491 g/mol. The average molecular weight is 492 g/mol. The summed E-state index contributed by atoms with van der Waals surface area (Å²) in [6.45, 7) is 4.33. The summed E-state index contributed by atoms with van der Waals surface area (Å²) >= 11 is 1.43. The summed E-state index contributed by atoms with van der Waals surface area (Å²) in [6, 6.07) is 13.0. The number of carbonyl (C=O) groups is 2. The third-order valence-electron chi connectivity index (χ3n) is 7.28. The number of aromatic nitrogens is 1. The number of nitrogens with zero attached hydrogens (tertiary/aromatic N) is 5. The molecule has 0 spiro atoms. The number of thiazole rings is 1. The van der Waals surface area contributed by atoms with E-state index in [9.17, 15) is 14.0 Å². The Bertz CT molecular complexity index is 1240. The van der Waals surface area contributed by atoms with Crippen molar-refractivity contribution < 1.29 is 14.0 Å². The Morgan fingerprint density at radius 2 is 1.74 bits per heavy atom. The largest absolute Gasteiger partial charge is 0.341 e. The van der Waals surface area contributed by atoms with Crippen LogP contribution in [0.15, 0.2) is 53.4 Å². The molecular weight excluding hydrogens is 465 g/mol. The summed E-state index contributed by atoms with van der Waals surface area (Å²) in [7, 11) is 0. The van der Waals surface area contributed by atoms with Gasteiger partial charge in [-0.25, -0.2) is 9.37 Å². The Hall–Kier alpha value is -3.30. The van der Waals surface area contributed by atoms with Crippen molar-refractivity contribution in [2.75, 3.05) is 49.1 Å². The van der Waals surface area contributed by atoms with Crippen LogP contribution < -0.4 is 9.80 Å². The van der Waals surface area contributed by atoms with Gasteiger partial charge in [0.25, 0.3) is 5.91 Å². The third-order valence-corrected chi connectivity index (χ3v) is 7.87. The molecule has 35 heavy (non-hydrogen) atoms. The first-order valence-electron chi connectivity index (χ1n) is 11.9. The molecule has 1 unspecified atom stereocenters. The molecule has 3 aromatic rings. The quantitative estimate of drug-likeness (QED) is 0.559. The topological polar surface area (TPSA) is 60.0 Å². The van der Waals surface area contributed by atoms with E-state index in [-0.39, 0.29) is 23.7 Å². The molecule has 6 rings (SSSR count). The predicted octanol–water partition coefficient (Wildman–Crippen LogP) is 3.54. The van der Waals surface area contributed by atoms with Crippen LogP contribution in [0.1, 0.15) is 22.5 Å². The molecule has 3 aliphatic rings. The second-order valence-electron chi connectivity index (χ2n) is 9.26. The lowest BCUT2D eigenvalue weighted by Gasteiger charge is -2.37. The molecule has 0 aliphatic carbocycles. The highest BCUT2D eigenvalue weighted by Crippen LogP contribution is 2.37. The molecule has 2 amide bonds. The molecule has 2 aromatic carbocycles. The number of halogens is 1. The van der Waals surface area contributed by atoms with E-state index in [0.717, 1.165) is 43.1 Å². The molecule has 0 bridgehead atoms. The Balaban J connectivity index is 1.11. The minimum Gasteiger partial charge on any atom is -0.341 e. The lowest BCUT2D eigenvalue weighted by Crippen LogP contribution is -2.52. The molecular formula is C26H26FN5O2S. The normalized spacial score (nSPS) is 20.5. The zero-order valence-electron chi connectivity index (χ0n) is 19.3. The minimum atomic E-state index is -0.238. The van der Waals surface area contributed by atoms with Gasteiger partial charge in [-0.1, -0.05) is 0 Å². The summed E-state index contributed by atoms with van der Waals surface area (Å²) in [5.74, 6) is -0.106. The highest BCUT2D eigenvalue weighted by molar-refractivity contribution is 7.07. The first kappa shape index (κ1) is 22.2. The van der Waals surface area contributed by atoms with Gasteiger partial charge in [0.05, 0.1) is 5.51 Å². The number of hydrogen-bond acceptors (Lipinski definition) is 6. The molecule has 1 atom stereocenters. The van der Waals surface area contributed by atoms with Crippen LogP contribution in [0, 0.1) is 5.82 Å². The van der Waals surface area contributed by atoms with Crippen molar-refractivity contribution in [3.05, 3.63) is 70.4 Å². The van der Waals surface area contributed by atoms with Crippen molar-refractivity contribution in [2.45, 2.75) is 18.9 Å². The van der Waals surface area contributed by atoms with E-state index >= 15 is 0 Å². The molecule has 0 saturated carbocycles. The van der Waals surface area contributed by atoms with Gasteiger partial charge in [0, 0.05) is 74.2 Å². The fourth-order valence-corrected chi connectivity index (χ4v) is 5.92. The lowest BCUT2D eigenvalue weighted by atomic mass is 10.1. The van der Waals surface area contributed by atoms with Gasteiger partial charge >= 0.3 is 0 Å². The molecule has 3 aliphatic heterocycles. The van der Waals surface area contributed by atoms with Gasteiger partial charge in [-0.15, -0.1) is 11.3 Å². The lowest BCUT2D eigenvalue weighted by molar-refractivity contribution is -0.117. The average Bonchev–Trinajstić information content (AvgIpc) is 3.64. The number of anilines is 3. The molecule has 2 fully saturated rings. The molecule has 9 heteroatoms. The standard InChI is InChI=1S/C26H26FN5O2S/c27-19-1-3-20(4-2-19)31-8-7-18-13-21(5-6-24(18)31)32-15-22(14-25(32)33)29-9-11-30(12-10-29)26(34)23-16-35-17-28-23/h1-6,13,16-17,22H,7-12,14-15H2. The molecule has 2 saturated heterocycles. The molecule has 0 N–H and O–H groups in total. The molecule has 1 aromatic heterocycles. The van der Waals surface area contributed by atoms with Crippen molar-refractivity contribution in [1.82, 2.24) is 14.8 Å². The Labute approximate surface area is 207 Å². The fraction of sp³-hybridized carbons (Fsp3) is 0.346. The minimum absolute atomic E-state index is 0.0113. The summed E-state index contributed by atoms with van der Waals surface area (Å²) < 4.78 is 13.3. The maximum absolute atomic E-state index is 13.3. The van der Waals surface area contributed by atoms with Crippen LogP contribution in [0.4, 0.5) is 21.5 Å². The van der Waals surface area contributed by atoms with Gasteiger partial charge in [-0.05, 0) is 54.4 Å². The summed E-state index contributed by atoms with van der Waals surface area (Å²) in [5.41, 5.74) is 6.43. The van der Waals surface area contributed by atoms with Crippen LogP contribution in [-0.2, 0) is 11.2 Å². The zero-order valence-corrected chi connectivity index (χ0v) is 20.1. The van der Waals surface area contributed by atoms with E-state index in [4.69, 9.17) is 0 Å². The number of fused-ring (bicyclic) bond motifs is 1. The summed E-state index contributed by atoms with van der Waals surface area (Å²) in [4.78, 5) is 37.9. The van der Waals surface area contributed by atoms with Crippen LogP contribution in [0.2, 0.25) is 0 Å². The van der Waals surface area contributed by atoms with Crippen molar-refractivity contribution >= 4 is 40.2 Å². The van der Waals surface area contributed by atoms with Crippen LogP contribution >= 0.6 is 11.3 Å². The molecule has 180 valence electrons. The first-order chi connectivity index (χ1) is 17.1. The fourth-order valence-electron chi connectivity index (χ4n) is 5.40. The Kier molecular flexibility index (Phi) is 5.74. The maximum atomic E-state index is 13.3. The van der Waals surface area contributed by atoms with Crippen LogP contribution in [0.5, 0.6) is 0 Å². The van der Waals surface area contributed by atoms with Crippen molar-refractivity contribution in [1.29, 1.82) is 0 Å². The molecule has 0 radical (unpaired) electrons. The van der Waals surface area contributed by atoms with E-state index in [1.54, 1.807) is 23.0 Å². The van der Waals surface area contributed by atoms with Gasteiger partial charge in [0.2, 0.25) is 5.91 Å². The maximum Gasteiger partial charge on any atom is 0.273 e. The number of amides is 2. The predicted molar refractivity (Wildman–Crippen MR) is 134 cm³/mol. The van der Waals surface area contributed by atoms with Crippen molar-refractivity contribution in [3.63, 3.8) is 0 Å². The second kappa shape index (κ2) is 9.05. The summed E-state index contributed by atoms with van der Waals surface area (Å²) in [6.07, 6.45) is 1.39. The van der Waals surface area contributed by atoms with E-state index < -0.39 is 0 Å². The Morgan fingerprint density at radius 3 is 2.49 bits per heavy atom. The number of carbonyl (C=O) groups excluding carboxylic acids is 2. The number of rotatable bonds is 4. The van der Waals surface area contributed by atoms with Crippen LogP contribution in [0.3, 0.4) is 0 Å². The smallest absolute Gasteiger partial charge is 0.273 e. The molecule has 4 heterocycles. The zero-order chi connectivity index (χ0) is 23.9. The number of piperazine rings is 1. The number of benzene rings is 2. The number of hydrogen-bond donors (Lipinski definition) is 0. The van der Waals surface area contributed by atoms with E-state index in [1.807, 2.05) is 15.9 Å². The highest BCUT2D eigenvalue weighted by Gasteiger charge is 2.37. The van der Waals surface area contributed by atoms with E-state index in [0.29, 0.717) is 31.7 Å². The van der Waals surface area contributed by atoms with Crippen LogP contribution in [0.25, 0.3) is 0 Å². The van der Waals surface area contributed by atoms with Gasteiger partial charge in [0.1, 0.15) is 11.5 Å². The van der Waals surface area contributed by atoms with E-state index in [1.165, 1.54) is 29.0 Å². The summed E-state index contributed by atoms with van der Waals surface area (Å²) in [5, 5.41) is 1.79. The van der Waals surface area contributed by atoms with Gasteiger partial charge < -0.3 is 14.7 Å². The highest BCUT2D eigenvalue weighted by atomic mass is 32.1. The van der Waals surface area contributed by atoms with Gasteiger partial charge in [-0.3, -0.25) is 14.5 Å². The molecule has 7 nitrogen and oxygen atoms in total. The third kappa shape index (κ3) is 4.19. The van der Waals surface area contributed by atoms with Gasteiger partial charge in [0.15, 0.2) is 0 Å². The van der Waals surface area contributed by atoms with Crippen molar-refractivity contribution in [2.24, 2.45) is 0 Å². The first-order valence-corrected chi connectivity index (χ1v) is 12.9.